The molecule has 4 rings (SSSR count). The first-order valence-electron chi connectivity index (χ1n) is 11.0. The average Bonchev–Trinajstić information content (AvgIpc) is 3.16. The predicted octanol–water partition coefficient (Wildman–Crippen LogP) is 6.42. The third kappa shape index (κ3) is 5.15. The van der Waals surface area contributed by atoms with E-state index in [9.17, 15) is 9.59 Å². The van der Waals surface area contributed by atoms with E-state index in [0.717, 1.165) is 19.3 Å². The first kappa shape index (κ1) is 23.1. The largest absolute Gasteiger partial charge is 0.385 e. The number of carbonyl (C=O) groups excluding carboxylic acids is 2. The lowest BCUT2D eigenvalue weighted by atomic mass is 9.96. The molecule has 0 saturated heterocycles. The SMILES string of the molecule is Nc1[nH]c(C(=O)c2ccccc2)c(-c2ccc(Cl)cc2Cl)c1C(=O)NCCC1=CCCCC1. The van der Waals surface area contributed by atoms with Gasteiger partial charge in [0.25, 0.3) is 5.91 Å². The molecule has 3 aromatic rings. The van der Waals surface area contributed by atoms with Gasteiger partial charge in [-0.15, -0.1) is 0 Å². The van der Waals surface area contributed by atoms with Crippen LogP contribution in [0.25, 0.3) is 11.1 Å². The number of amides is 1. The maximum atomic E-state index is 13.3. The Morgan fingerprint density at radius 3 is 2.55 bits per heavy atom. The molecule has 2 aromatic carbocycles. The van der Waals surface area contributed by atoms with Gasteiger partial charge in [0.15, 0.2) is 0 Å². The molecule has 5 nitrogen and oxygen atoms in total. The molecule has 0 aliphatic heterocycles. The summed E-state index contributed by atoms with van der Waals surface area (Å²) in [6.07, 6.45) is 7.63. The molecule has 170 valence electrons. The van der Waals surface area contributed by atoms with E-state index in [1.54, 1.807) is 42.5 Å². The van der Waals surface area contributed by atoms with Gasteiger partial charge in [0.1, 0.15) is 5.82 Å². The second-order valence-corrected chi connectivity index (χ2v) is 8.94. The number of ketones is 1. The lowest BCUT2D eigenvalue weighted by molar-refractivity contribution is 0.0955. The third-order valence-corrected chi connectivity index (χ3v) is 6.38. The highest BCUT2D eigenvalue weighted by Crippen LogP contribution is 2.38. The number of rotatable bonds is 7. The van der Waals surface area contributed by atoms with Crippen LogP contribution < -0.4 is 11.1 Å². The molecule has 1 heterocycles. The molecule has 0 unspecified atom stereocenters. The molecule has 0 spiro atoms. The quantitative estimate of drug-likeness (QED) is 0.268. The Labute approximate surface area is 203 Å². The van der Waals surface area contributed by atoms with Gasteiger partial charge in [-0.1, -0.05) is 71.2 Å². The van der Waals surface area contributed by atoms with Gasteiger partial charge in [-0.2, -0.15) is 0 Å². The summed E-state index contributed by atoms with van der Waals surface area (Å²) in [5.74, 6) is -0.521. The molecule has 0 radical (unpaired) electrons. The molecule has 4 N–H and O–H groups in total. The van der Waals surface area contributed by atoms with Gasteiger partial charge in [0.2, 0.25) is 5.78 Å². The van der Waals surface area contributed by atoms with Crippen molar-refractivity contribution in [3.8, 4) is 11.1 Å². The van der Waals surface area contributed by atoms with Gasteiger partial charge in [0, 0.05) is 33.3 Å². The zero-order valence-corrected chi connectivity index (χ0v) is 19.6. The van der Waals surface area contributed by atoms with E-state index >= 15 is 0 Å². The van der Waals surface area contributed by atoms with Gasteiger partial charge in [-0.25, -0.2) is 0 Å². The predicted molar refractivity (Wildman–Crippen MR) is 134 cm³/mol. The lowest BCUT2D eigenvalue weighted by Gasteiger charge is -2.14. The zero-order valence-electron chi connectivity index (χ0n) is 18.1. The minimum absolute atomic E-state index is 0.115. The van der Waals surface area contributed by atoms with Crippen molar-refractivity contribution in [2.45, 2.75) is 32.1 Å². The summed E-state index contributed by atoms with van der Waals surface area (Å²) in [6.45, 7) is 0.491. The van der Waals surface area contributed by atoms with Crippen LogP contribution in [0.2, 0.25) is 10.0 Å². The number of halogens is 2. The molecule has 33 heavy (non-hydrogen) atoms. The van der Waals surface area contributed by atoms with Crippen LogP contribution >= 0.6 is 23.2 Å². The molecule has 0 atom stereocenters. The summed E-state index contributed by atoms with van der Waals surface area (Å²) in [4.78, 5) is 29.5. The van der Waals surface area contributed by atoms with Crippen LogP contribution in [0.15, 0.2) is 60.2 Å². The first-order valence-corrected chi connectivity index (χ1v) is 11.7. The third-order valence-electron chi connectivity index (χ3n) is 5.84. The number of hydrogen-bond acceptors (Lipinski definition) is 3. The Balaban J connectivity index is 1.71. The van der Waals surface area contributed by atoms with Crippen molar-refractivity contribution in [1.29, 1.82) is 0 Å². The fraction of sp³-hybridized carbons (Fsp3) is 0.231. The number of aromatic nitrogens is 1. The Morgan fingerprint density at radius 2 is 1.85 bits per heavy atom. The second kappa shape index (κ2) is 10.3. The fourth-order valence-electron chi connectivity index (χ4n) is 4.18. The van der Waals surface area contributed by atoms with Crippen molar-refractivity contribution in [2.24, 2.45) is 0 Å². The van der Waals surface area contributed by atoms with Gasteiger partial charge in [-0.3, -0.25) is 9.59 Å². The highest BCUT2D eigenvalue weighted by molar-refractivity contribution is 6.37. The first-order chi connectivity index (χ1) is 16.0. The minimum Gasteiger partial charge on any atom is -0.385 e. The van der Waals surface area contributed by atoms with Gasteiger partial charge in [-0.05, 0) is 44.2 Å². The molecular weight excluding hydrogens is 457 g/mol. The molecule has 0 fully saturated rings. The summed E-state index contributed by atoms with van der Waals surface area (Å²) in [6, 6.07) is 13.8. The number of benzene rings is 2. The van der Waals surface area contributed by atoms with E-state index in [4.69, 9.17) is 28.9 Å². The normalized spacial score (nSPS) is 13.5. The lowest BCUT2D eigenvalue weighted by Crippen LogP contribution is -2.26. The standard InChI is InChI=1S/C26H25Cl2N3O2/c27-18-11-12-19(20(28)15-18)21-22(26(33)30-14-13-16-7-3-1-4-8-16)25(29)31-23(21)24(32)17-9-5-2-6-10-17/h2,5-7,9-12,15,31H,1,3-4,8,13-14,29H2,(H,30,33). The van der Waals surface area contributed by atoms with E-state index in [-0.39, 0.29) is 28.8 Å². The number of allylic oxidation sites excluding steroid dienone is 1. The fourth-order valence-corrected chi connectivity index (χ4v) is 4.68. The number of aromatic amines is 1. The molecule has 1 aromatic heterocycles. The Bertz CT molecular complexity index is 1220. The van der Waals surface area contributed by atoms with Crippen molar-refractivity contribution < 1.29 is 9.59 Å². The Hall–Kier alpha value is -3.02. The molecule has 7 heteroatoms. The second-order valence-electron chi connectivity index (χ2n) is 8.10. The number of anilines is 1. The van der Waals surface area contributed by atoms with Gasteiger partial charge >= 0.3 is 0 Å². The number of hydrogen-bond donors (Lipinski definition) is 3. The summed E-state index contributed by atoms with van der Waals surface area (Å²) in [7, 11) is 0. The topological polar surface area (TPSA) is 88.0 Å². The van der Waals surface area contributed by atoms with E-state index in [2.05, 4.69) is 16.4 Å². The van der Waals surface area contributed by atoms with Crippen LogP contribution in [0.4, 0.5) is 5.82 Å². The van der Waals surface area contributed by atoms with E-state index < -0.39 is 0 Å². The molecular formula is C26H25Cl2N3O2. The van der Waals surface area contributed by atoms with E-state index in [1.165, 1.54) is 18.4 Å². The van der Waals surface area contributed by atoms with E-state index in [0.29, 0.717) is 33.3 Å². The minimum atomic E-state index is -0.353. The van der Waals surface area contributed by atoms with E-state index in [1.807, 2.05) is 6.07 Å². The molecule has 1 aliphatic rings. The maximum absolute atomic E-state index is 13.3. The highest BCUT2D eigenvalue weighted by atomic mass is 35.5. The van der Waals surface area contributed by atoms with Crippen LogP contribution in [0.1, 0.15) is 58.5 Å². The van der Waals surface area contributed by atoms with Crippen LogP contribution in [-0.2, 0) is 0 Å². The number of nitrogens with two attached hydrogens (primary N) is 1. The van der Waals surface area contributed by atoms with Crippen LogP contribution in [-0.4, -0.2) is 23.2 Å². The van der Waals surface area contributed by atoms with Crippen molar-refractivity contribution in [3.05, 3.63) is 87.0 Å². The molecule has 0 bridgehead atoms. The number of nitrogens with one attached hydrogen (secondary N) is 2. The monoisotopic (exact) mass is 481 g/mol. The highest BCUT2D eigenvalue weighted by Gasteiger charge is 2.28. The Kier molecular flexibility index (Phi) is 7.21. The summed E-state index contributed by atoms with van der Waals surface area (Å²) >= 11 is 12.6. The smallest absolute Gasteiger partial charge is 0.255 e. The zero-order chi connectivity index (χ0) is 23.4. The molecule has 0 saturated carbocycles. The van der Waals surface area contributed by atoms with Crippen molar-refractivity contribution in [1.82, 2.24) is 10.3 Å². The molecule has 1 aliphatic carbocycles. The van der Waals surface area contributed by atoms with Crippen LogP contribution in [0.5, 0.6) is 0 Å². The van der Waals surface area contributed by atoms with Crippen molar-refractivity contribution in [3.63, 3.8) is 0 Å². The average molecular weight is 482 g/mol. The van der Waals surface area contributed by atoms with Gasteiger partial charge in [0.05, 0.1) is 11.3 Å². The van der Waals surface area contributed by atoms with Gasteiger partial charge < -0.3 is 16.0 Å². The summed E-state index contributed by atoms with van der Waals surface area (Å²) in [5, 5.41) is 3.74. The van der Waals surface area contributed by atoms with Crippen molar-refractivity contribution in [2.75, 3.05) is 12.3 Å². The maximum Gasteiger partial charge on any atom is 0.255 e. The molecule has 1 amide bonds. The van der Waals surface area contributed by atoms with Crippen molar-refractivity contribution >= 4 is 40.7 Å². The Morgan fingerprint density at radius 1 is 1.06 bits per heavy atom. The summed E-state index contributed by atoms with van der Waals surface area (Å²) < 4.78 is 0. The summed E-state index contributed by atoms with van der Waals surface area (Å²) in [5.41, 5.74) is 9.38. The number of nitrogen functional groups attached to an aromatic ring is 1. The van der Waals surface area contributed by atoms with Crippen LogP contribution in [0, 0.1) is 0 Å². The number of carbonyl (C=O) groups is 2. The number of H-pyrrole nitrogens is 1. The van der Waals surface area contributed by atoms with Crippen LogP contribution in [0.3, 0.4) is 0 Å².